The molecule has 13 heteroatoms. The number of aliphatic hydroxyl groups excluding tert-OH is 1. The molecule has 254 valence electrons. The molecule has 2 aliphatic rings. The molecule has 1 unspecified atom stereocenters. The summed E-state index contributed by atoms with van der Waals surface area (Å²) in [5.41, 5.74) is 2.40. The normalized spacial score (nSPS) is 18.2. The first-order chi connectivity index (χ1) is 22.8. The Labute approximate surface area is 281 Å². The van der Waals surface area contributed by atoms with Crippen LogP contribution in [-0.4, -0.2) is 70.7 Å². The van der Waals surface area contributed by atoms with Crippen LogP contribution in [0.5, 0.6) is 11.5 Å². The number of hydrogen-bond donors (Lipinski definition) is 4. The van der Waals surface area contributed by atoms with Crippen LogP contribution in [-0.2, 0) is 25.6 Å². The minimum Gasteiger partial charge on any atom is -0.493 e. The first-order valence-corrected chi connectivity index (χ1v) is 16.5. The van der Waals surface area contributed by atoms with E-state index in [1.165, 1.54) is 23.9 Å². The van der Waals surface area contributed by atoms with Gasteiger partial charge in [-0.25, -0.2) is 9.18 Å². The molecule has 2 aliphatic heterocycles. The van der Waals surface area contributed by atoms with Gasteiger partial charge in [-0.2, -0.15) is 0 Å². The molecule has 0 aliphatic carbocycles. The molecular weight excluding hydrogens is 641 g/mol. The molecule has 0 saturated carbocycles. The van der Waals surface area contributed by atoms with Crippen molar-refractivity contribution in [1.82, 2.24) is 10.6 Å². The van der Waals surface area contributed by atoms with Crippen molar-refractivity contribution >= 4 is 41.1 Å². The number of hydrogen-bond acceptors (Lipinski definition) is 8. The van der Waals surface area contributed by atoms with Crippen molar-refractivity contribution in [2.24, 2.45) is 5.41 Å². The number of carboxylic acid groups (broad SMARTS) is 1. The summed E-state index contributed by atoms with van der Waals surface area (Å²) in [7, 11) is 0. The van der Waals surface area contributed by atoms with E-state index in [0.717, 1.165) is 28.9 Å². The first-order valence-electron chi connectivity index (χ1n) is 15.5. The van der Waals surface area contributed by atoms with Gasteiger partial charge in [0.2, 0.25) is 11.8 Å². The smallest absolute Gasteiger partial charge is 0.326 e. The summed E-state index contributed by atoms with van der Waals surface area (Å²) in [6.07, 6.45) is -0.00756. The molecule has 2 heterocycles. The Morgan fingerprint density at radius 3 is 2.44 bits per heavy atom. The molecule has 0 spiro atoms. The van der Waals surface area contributed by atoms with Gasteiger partial charge in [-0.3, -0.25) is 14.4 Å². The Hall–Kier alpha value is -4.62. The molecule has 0 bridgehead atoms. The van der Waals surface area contributed by atoms with Gasteiger partial charge in [-0.15, -0.1) is 11.8 Å². The Kier molecular flexibility index (Phi) is 10.6. The van der Waals surface area contributed by atoms with E-state index >= 15 is 0 Å². The molecule has 3 aromatic rings. The lowest BCUT2D eigenvalue weighted by atomic mass is 9.87. The third-order valence-corrected chi connectivity index (χ3v) is 9.47. The van der Waals surface area contributed by atoms with E-state index in [0.29, 0.717) is 18.0 Å². The van der Waals surface area contributed by atoms with Gasteiger partial charge in [0.15, 0.2) is 6.61 Å². The quantitative estimate of drug-likeness (QED) is 0.198. The van der Waals surface area contributed by atoms with Gasteiger partial charge in [0.1, 0.15) is 28.6 Å². The van der Waals surface area contributed by atoms with Crippen LogP contribution < -0.4 is 25.0 Å². The maximum atomic E-state index is 13.7. The number of aliphatic carboxylic acids is 1. The highest BCUT2D eigenvalue weighted by Gasteiger charge is 2.49. The second kappa shape index (κ2) is 14.7. The van der Waals surface area contributed by atoms with Crippen LogP contribution in [0.3, 0.4) is 0 Å². The molecule has 11 nitrogen and oxygen atoms in total. The van der Waals surface area contributed by atoms with E-state index in [4.69, 9.17) is 9.47 Å². The summed E-state index contributed by atoms with van der Waals surface area (Å²) >= 11 is 1.35. The van der Waals surface area contributed by atoms with Crippen LogP contribution in [0.25, 0.3) is 0 Å². The molecule has 0 aromatic heterocycles. The number of carbonyl (C=O) groups excluding carboxylic acids is 3. The maximum absolute atomic E-state index is 13.7. The Morgan fingerprint density at radius 2 is 1.77 bits per heavy atom. The number of carboxylic acids is 1. The summed E-state index contributed by atoms with van der Waals surface area (Å²) < 4.78 is 24.8. The molecular formula is C35H38FN3O8S. The van der Waals surface area contributed by atoms with Crippen molar-refractivity contribution in [2.45, 2.75) is 50.6 Å². The molecule has 4 atom stereocenters. The third kappa shape index (κ3) is 8.08. The molecule has 5 rings (SSSR count). The topological polar surface area (TPSA) is 154 Å². The zero-order valence-electron chi connectivity index (χ0n) is 26.8. The highest BCUT2D eigenvalue weighted by Crippen LogP contribution is 2.46. The number of ether oxygens (including phenoxy) is 2. The lowest BCUT2D eigenvalue weighted by molar-refractivity contribution is -0.144. The average molecular weight is 680 g/mol. The van der Waals surface area contributed by atoms with Crippen LogP contribution >= 0.6 is 11.8 Å². The van der Waals surface area contributed by atoms with Gasteiger partial charge in [-0.1, -0.05) is 39.0 Å². The zero-order valence-corrected chi connectivity index (χ0v) is 27.6. The lowest BCUT2D eigenvalue weighted by Crippen LogP contribution is -2.57. The minimum absolute atomic E-state index is 0.163. The Balaban J connectivity index is 1.20. The van der Waals surface area contributed by atoms with Gasteiger partial charge in [0.25, 0.3) is 5.91 Å². The molecule has 0 radical (unpaired) electrons. The number of anilines is 1. The second-order valence-corrected chi connectivity index (χ2v) is 13.9. The van der Waals surface area contributed by atoms with Gasteiger partial charge in [-0.05, 0) is 70.6 Å². The fourth-order valence-corrected chi connectivity index (χ4v) is 6.84. The largest absolute Gasteiger partial charge is 0.493 e. The predicted molar refractivity (Wildman–Crippen MR) is 177 cm³/mol. The van der Waals surface area contributed by atoms with Crippen LogP contribution in [0.1, 0.15) is 49.6 Å². The molecule has 1 saturated heterocycles. The van der Waals surface area contributed by atoms with E-state index in [9.17, 15) is 33.8 Å². The fraction of sp³-hybridized carbons (Fsp3) is 0.371. The molecule has 1 fully saturated rings. The fourth-order valence-electron chi connectivity index (χ4n) is 5.54. The molecule has 3 aromatic carbocycles. The Morgan fingerprint density at radius 1 is 1.06 bits per heavy atom. The standard InChI is InChI=1S/C35H38FN3O8S/c1-35(2,3)32(34(44)45)38-28(41)17-37-29(42)18-47-25-11-4-20(5-12-25)30-31(33(43)39(30)24-9-7-23(36)8-10-24)48-19-26(40)21-6-13-27-22(16-21)14-15-46-27/h4-13,16,26,30-32,40H,14-15,17-19H2,1-3H3,(H,37,42)(H,38,41)(H,44,45)/t26?,30-,31-,32+/m1/s1. The summed E-state index contributed by atoms with van der Waals surface area (Å²) in [6.45, 7) is 4.87. The number of fused-ring (bicyclic) bond motifs is 1. The van der Waals surface area contributed by atoms with Crippen molar-refractivity contribution in [3.63, 3.8) is 0 Å². The van der Waals surface area contributed by atoms with Crippen molar-refractivity contribution < 1.29 is 43.3 Å². The van der Waals surface area contributed by atoms with Crippen LogP contribution in [0.15, 0.2) is 66.7 Å². The van der Waals surface area contributed by atoms with Crippen molar-refractivity contribution in [3.8, 4) is 11.5 Å². The van der Waals surface area contributed by atoms with Crippen molar-refractivity contribution in [2.75, 3.05) is 30.4 Å². The van der Waals surface area contributed by atoms with Crippen LogP contribution in [0.4, 0.5) is 10.1 Å². The second-order valence-electron chi connectivity index (χ2n) is 12.7. The number of halogens is 1. The summed E-state index contributed by atoms with van der Waals surface area (Å²) in [6, 6.07) is 16.6. The molecule has 4 N–H and O–H groups in total. The van der Waals surface area contributed by atoms with Gasteiger partial charge in [0, 0.05) is 17.9 Å². The monoisotopic (exact) mass is 679 g/mol. The van der Waals surface area contributed by atoms with Gasteiger partial charge < -0.3 is 35.2 Å². The lowest BCUT2D eigenvalue weighted by Gasteiger charge is -2.47. The number of rotatable bonds is 13. The SMILES string of the molecule is CC(C)(C)[C@@H](NC(=O)CNC(=O)COc1ccc([C@@H]2[C@@H](SCC(O)c3ccc4c(c3)CCO4)C(=O)N2c2ccc(F)cc2)cc1)C(=O)O. The number of amides is 3. The highest BCUT2D eigenvalue weighted by atomic mass is 32.2. The van der Waals surface area contributed by atoms with E-state index in [-0.39, 0.29) is 18.3 Å². The van der Waals surface area contributed by atoms with E-state index in [2.05, 4.69) is 10.6 Å². The third-order valence-electron chi connectivity index (χ3n) is 8.14. The number of nitrogens with zero attached hydrogens (tertiary/aromatic N) is 1. The minimum atomic E-state index is -1.17. The van der Waals surface area contributed by atoms with Crippen molar-refractivity contribution in [3.05, 3.63) is 89.2 Å². The van der Waals surface area contributed by atoms with Crippen LogP contribution in [0, 0.1) is 11.2 Å². The predicted octanol–water partition coefficient (Wildman–Crippen LogP) is 3.79. The highest BCUT2D eigenvalue weighted by molar-refractivity contribution is 8.00. The van der Waals surface area contributed by atoms with E-state index in [1.807, 2.05) is 18.2 Å². The molecule has 48 heavy (non-hydrogen) atoms. The number of carbonyl (C=O) groups is 4. The molecule has 3 amide bonds. The number of nitrogens with one attached hydrogen (secondary N) is 2. The van der Waals surface area contributed by atoms with Gasteiger partial charge >= 0.3 is 5.97 Å². The summed E-state index contributed by atoms with van der Waals surface area (Å²) in [5.74, 6) is -1.49. The number of benzene rings is 3. The summed E-state index contributed by atoms with van der Waals surface area (Å²) in [5, 5.41) is 24.6. The number of β-lactam (4-membered cyclic amide) rings is 1. The number of thioether (sulfide) groups is 1. The number of aliphatic hydroxyl groups is 1. The van der Waals surface area contributed by atoms with Crippen molar-refractivity contribution in [1.29, 1.82) is 0 Å². The van der Waals surface area contributed by atoms with E-state index < -0.39 is 59.0 Å². The summed E-state index contributed by atoms with van der Waals surface area (Å²) in [4.78, 5) is 51.0. The average Bonchev–Trinajstić information content (AvgIpc) is 3.53. The first kappa shape index (κ1) is 34.7. The maximum Gasteiger partial charge on any atom is 0.326 e. The van der Waals surface area contributed by atoms with Crippen LogP contribution in [0.2, 0.25) is 0 Å². The Bertz CT molecular complexity index is 1660. The van der Waals surface area contributed by atoms with E-state index in [1.54, 1.807) is 62.1 Å². The van der Waals surface area contributed by atoms with Gasteiger partial charge in [0.05, 0.1) is 25.3 Å². The zero-order chi connectivity index (χ0) is 34.6.